The van der Waals surface area contributed by atoms with Crippen LogP contribution in [0.25, 0.3) is 0 Å². The van der Waals surface area contributed by atoms with Crippen molar-refractivity contribution < 1.29 is 0 Å². The fourth-order valence-electron chi connectivity index (χ4n) is 2.53. The normalized spacial score (nSPS) is 15.8. The summed E-state index contributed by atoms with van der Waals surface area (Å²) < 4.78 is 0. The number of nitrogen functional groups attached to an aromatic ring is 1. The highest BCUT2D eigenvalue weighted by Gasteiger charge is 2.18. The average Bonchev–Trinajstić information content (AvgIpc) is 2.81. The van der Waals surface area contributed by atoms with Gasteiger partial charge in [-0.1, -0.05) is 12.8 Å². The van der Waals surface area contributed by atoms with E-state index in [2.05, 4.69) is 16.0 Å². The minimum atomic E-state index is 0.541. The predicted octanol–water partition coefficient (Wildman–Crippen LogP) is 2.16. The van der Waals surface area contributed by atoms with E-state index in [1.165, 1.54) is 25.7 Å². The minimum Gasteiger partial charge on any atom is -0.397 e. The highest BCUT2D eigenvalue weighted by molar-refractivity contribution is 5.58. The van der Waals surface area contributed by atoms with E-state index >= 15 is 0 Å². The molecule has 0 radical (unpaired) electrons. The lowest BCUT2D eigenvalue weighted by molar-refractivity contribution is 0.545. The third kappa shape index (κ3) is 2.68. The van der Waals surface area contributed by atoms with Gasteiger partial charge in [0, 0.05) is 13.6 Å². The van der Waals surface area contributed by atoms with Crippen LogP contribution in [0.5, 0.6) is 0 Å². The zero-order valence-electron chi connectivity index (χ0n) is 10.2. The Balaban J connectivity index is 2.12. The van der Waals surface area contributed by atoms with Crippen molar-refractivity contribution in [2.45, 2.75) is 25.7 Å². The molecule has 1 heterocycles. The molecule has 90 valence electrons. The predicted molar refractivity (Wildman–Crippen MR) is 68.6 cm³/mol. The highest BCUT2D eigenvalue weighted by atomic mass is 15.2. The SMILES string of the molecule is CN(CC1CCCC1)c1ncc(N)cc1C#N. The number of pyridine rings is 1. The van der Waals surface area contributed by atoms with Crippen molar-refractivity contribution in [2.24, 2.45) is 5.92 Å². The van der Waals surface area contributed by atoms with Crippen molar-refractivity contribution in [3.05, 3.63) is 17.8 Å². The molecule has 0 bridgehead atoms. The van der Waals surface area contributed by atoms with Gasteiger partial charge < -0.3 is 10.6 Å². The first-order valence-corrected chi connectivity index (χ1v) is 6.07. The van der Waals surface area contributed by atoms with Crippen molar-refractivity contribution in [2.75, 3.05) is 24.2 Å². The van der Waals surface area contributed by atoms with Gasteiger partial charge in [-0.25, -0.2) is 4.98 Å². The summed E-state index contributed by atoms with van der Waals surface area (Å²) in [7, 11) is 2.00. The lowest BCUT2D eigenvalue weighted by atomic mass is 10.1. The Hall–Kier alpha value is -1.76. The first-order valence-electron chi connectivity index (χ1n) is 6.07. The van der Waals surface area contributed by atoms with E-state index in [4.69, 9.17) is 11.0 Å². The number of nitriles is 1. The molecule has 1 aliphatic rings. The Kier molecular flexibility index (Phi) is 3.48. The van der Waals surface area contributed by atoms with E-state index in [9.17, 15) is 0 Å². The van der Waals surface area contributed by atoms with Gasteiger partial charge in [-0.05, 0) is 24.8 Å². The highest BCUT2D eigenvalue weighted by Crippen LogP contribution is 2.27. The monoisotopic (exact) mass is 230 g/mol. The van der Waals surface area contributed by atoms with Crippen LogP contribution in [0, 0.1) is 17.2 Å². The first-order chi connectivity index (χ1) is 8.20. The summed E-state index contributed by atoms with van der Waals surface area (Å²) in [5, 5.41) is 9.08. The Morgan fingerprint density at radius 3 is 2.88 bits per heavy atom. The fourth-order valence-corrected chi connectivity index (χ4v) is 2.53. The molecule has 0 aliphatic heterocycles. The van der Waals surface area contributed by atoms with Crippen LogP contribution in [0.3, 0.4) is 0 Å². The molecular weight excluding hydrogens is 212 g/mol. The van der Waals surface area contributed by atoms with Crippen LogP contribution in [0.15, 0.2) is 12.3 Å². The van der Waals surface area contributed by atoms with Crippen molar-refractivity contribution >= 4 is 11.5 Å². The summed E-state index contributed by atoms with van der Waals surface area (Å²) in [5.74, 6) is 1.49. The van der Waals surface area contributed by atoms with E-state index in [0.29, 0.717) is 11.3 Å². The number of aromatic nitrogens is 1. The molecule has 0 spiro atoms. The van der Waals surface area contributed by atoms with Gasteiger partial charge in [0.1, 0.15) is 11.9 Å². The molecule has 1 saturated carbocycles. The number of anilines is 2. The Morgan fingerprint density at radius 1 is 1.53 bits per heavy atom. The number of hydrogen-bond donors (Lipinski definition) is 1. The second-order valence-corrected chi connectivity index (χ2v) is 4.78. The number of hydrogen-bond acceptors (Lipinski definition) is 4. The van der Waals surface area contributed by atoms with Crippen molar-refractivity contribution in [3.8, 4) is 6.07 Å². The minimum absolute atomic E-state index is 0.541. The Morgan fingerprint density at radius 2 is 2.24 bits per heavy atom. The van der Waals surface area contributed by atoms with E-state index in [0.717, 1.165) is 18.3 Å². The molecule has 2 N–H and O–H groups in total. The molecule has 0 atom stereocenters. The molecule has 1 aromatic rings. The summed E-state index contributed by atoms with van der Waals surface area (Å²) in [6, 6.07) is 3.85. The maximum Gasteiger partial charge on any atom is 0.146 e. The third-order valence-corrected chi connectivity index (χ3v) is 3.38. The standard InChI is InChI=1S/C13H18N4/c1-17(9-10-4-2-3-5-10)13-11(7-14)6-12(15)8-16-13/h6,8,10H,2-5,9,15H2,1H3. The number of nitrogens with zero attached hydrogens (tertiary/aromatic N) is 3. The molecule has 1 fully saturated rings. The van der Waals surface area contributed by atoms with Gasteiger partial charge in [0.15, 0.2) is 0 Å². The van der Waals surface area contributed by atoms with E-state index in [1.54, 1.807) is 12.3 Å². The van der Waals surface area contributed by atoms with Crippen LogP contribution in [-0.2, 0) is 0 Å². The van der Waals surface area contributed by atoms with Gasteiger partial charge in [-0.15, -0.1) is 0 Å². The Bertz CT molecular complexity index is 430. The second kappa shape index (κ2) is 5.05. The van der Waals surface area contributed by atoms with Gasteiger partial charge >= 0.3 is 0 Å². The smallest absolute Gasteiger partial charge is 0.146 e. The van der Waals surface area contributed by atoms with E-state index in [1.807, 2.05) is 7.05 Å². The van der Waals surface area contributed by atoms with Gasteiger partial charge in [0.05, 0.1) is 17.4 Å². The lowest BCUT2D eigenvalue weighted by Crippen LogP contribution is -2.25. The molecule has 2 rings (SSSR count). The van der Waals surface area contributed by atoms with Crippen LogP contribution < -0.4 is 10.6 Å². The largest absolute Gasteiger partial charge is 0.397 e. The summed E-state index contributed by atoms with van der Waals surface area (Å²) in [4.78, 5) is 6.35. The molecule has 0 amide bonds. The molecule has 1 aromatic heterocycles. The van der Waals surface area contributed by atoms with Gasteiger partial charge in [-0.3, -0.25) is 0 Å². The molecular formula is C13H18N4. The summed E-state index contributed by atoms with van der Waals surface area (Å²) in [6.07, 6.45) is 6.86. The topological polar surface area (TPSA) is 65.9 Å². The zero-order valence-corrected chi connectivity index (χ0v) is 10.2. The van der Waals surface area contributed by atoms with Crippen molar-refractivity contribution in [1.29, 1.82) is 5.26 Å². The summed E-state index contributed by atoms with van der Waals surface area (Å²) in [5.41, 5.74) is 6.74. The summed E-state index contributed by atoms with van der Waals surface area (Å²) in [6.45, 7) is 0.978. The van der Waals surface area contributed by atoms with Crippen molar-refractivity contribution in [3.63, 3.8) is 0 Å². The molecule has 0 saturated heterocycles. The second-order valence-electron chi connectivity index (χ2n) is 4.78. The van der Waals surface area contributed by atoms with Gasteiger partial charge in [0.2, 0.25) is 0 Å². The van der Waals surface area contributed by atoms with E-state index < -0.39 is 0 Å². The molecule has 0 unspecified atom stereocenters. The van der Waals surface area contributed by atoms with Crippen LogP contribution in [0.4, 0.5) is 11.5 Å². The van der Waals surface area contributed by atoms with Crippen LogP contribution in [0.1, 0.15) is 31.2 Å². The van der Waals surface area contributed by atoms with Crippen LogP contribution in [-0.4, -0.2) is 18.6 Å². The van der Waals surface area contributed by atoms with E-state index in [-0.39, 0.29) is 0 Å². The van der Waals surface area contributed by atoms with Crippen LogP contribution >= 0.6 is 0 Å². The maximum atomic E-state index is 9.08. The lowest BCUT2D eigenvalue weighted by Gasteiger charge is -2.22. The van der Waals surface area contributed by atoms with Crippen LogP contribution in [0.2, 0.25) is 0 Å². The van der Waals surface area contributed by atoms with Crippen molar-refractivity contribution in [1.82, 2.24) is 4.98 Å². The molecule has 17 heavy (non-hydrogen) atoms. The average molecular weight is 230 g/mol. The fraction of sp³-hybridized carbons (Fsp3) is 0.538. The molecule has 0 aromatic carbocycles. The number of nitrogens with two attached hydrogens (primary N) is 1. The maximum absolute atomic E-state index is 9.08. The van der Waals surface area contributed by atoms with Gasteiger partial charge in [-0.2, -0.15) is 5.26 Å². The Labute approximate surface area is 102 Å². The number of rotatable bonds is 3. The molecule has 4 heteroatoms. The van der Waals surface area contributed by atoms with Gasteiger partial charge in [0.25, 0.3) is 0 Å². The zero-order chi connectivity index (χ0) is 12.3. The first kappa shape index (κ1) is 11.7. The quantitative estimate of drug-likeness (QED) is 0.864. The summed E-state index contributed by atoms with van der Waals surface area (Å²) >= 11 is 0. The third-order valence-electron chi connectivity index (χ3n) is 3.38. The molecule has 4 nitrogen and oxygen atoms in total. The molecule has 1 aliphatic carbocycles.